The van der Waals surface area contributed by atoms with Crippen molar-refractivity contribution in [1.29, 1.82) is 0 Å². The van der Waals surface area contributed by atoms with Gasteiger partial charge in [-0.25, -0.2) is 4.98 Å². The maximum atomic E-state index is 12.1. The van der Waals surface area contributed by atoms with E-state index in [1.807, 2.05) is 0 Å². The number of hydrogen-bond acceptors (Lipinski definition) is 7. The number of benzene rings is 1. The molecule has 1 aromatic carbocycles. The smallest absolute Gasteiger partial charge is 0.387 e. The zero-order chi connectivity index (χ0) is 18.5. The second kappa shape index (κ2) is 7.87. The average Bonchev–Trinajstić information content (AvgIpc) is 3.13. The van der Waals surface area contributed by atoms with Crippen molar-refractivity contribution in [2.75, 3.05) is 0 Å². The Morgan fingerprint density at radius 1 is 1.19 bits per heavy atom. The fourth-order valence-electron chi connectivity index (χ4n) is 2.08. The Bertz CT molecular complexity index is 855. The number of halogens is 2. The van der Waals surface area contributed by atoms with Crippen LogP contribution in [0.5, 0.6) is 17.4 Å². The lowest BCUT2D eigenvalue weighted by atomic mass is 10.2. The second-order valence-corrected chi connectivity index (χ2v) is 5.22. The summed E-state index contributed by atoms with van der Waals surface area (Å²) in [5, 5.41) is 13.6. The highest BCUT2D eigenvalue weighted by Crippen LogP contribution is 2.27. The highest BCUT2D eigenvalue weighted by atomic mass is 19.3. The SMILES string of the molecule is CCC(O)c1nc(-c2cccc(Oc3ccc(OC(F)F)cn3)c2)no1. The van der Waals surface area contributed by atoms with E-state index in [4.69, 9.17) is 9.26 Å². The molecule has 9 heteroatoms. The molecule has 0 amide bonds. The molecule has 0 saturated carbocycles. The topological polar surface area (TPSA) is 90.5 Å². The summed E-state index contributed by atoms with van der Waals surface area (Å²) in [5.74, 6) is 1.05. The lowest BCUT2D eigenvalue weighted by molar-refractivity contribution is -0.0501. The van der Waals surface area contributed by atoms with Gasteiger partial charge in [-0.15, -0.1) is 0 Å². The van der Waals surface area contributed by atoms with Gasteiger partial charge in [0.1, 0.15) is 17.6 Å². The van der Waals surface area contributed by atoms with Gasteiger partial charge in [-0.05, 0) is 24.6 Å². The van der Waals surface area contributed by atoms with Crippen LogP contribution < -0.4 is 9.47 Å². The first kappa shape index (κ1) is 17.7. The van der Waals surface area contributed by atoms with E-state index in [9.17, 15) is 13.9 Å². The highest BCUT2D eigenvalue weighted by molar-refractivity contribution is 5.57. The summed E-state index contributed by atoms with van der Waals surface area (Å²) in [4.78, 5) is 8.06. The Morgan fingerprint density at radius 2 is 2.04 bits per heavy atom. The second-order valence-electron chi connectivity index (χ2n) is 5.22. The standard InChI is InChI=1S/C17H15F2N3O4/c1-2-13(23)16-21-15(22-26-16)10-4-3-5-11(8-10)24-14-7-6-12(9-20-14)25-17(18)19/h3-9,13,17,23H,2H2,1H3. The Hall–Kier alpha value is -3.07. The first-order valence-corrected chi connectivity index (χ1v) is 7.76. The normalized spacial score (nSPS) is 12.2. The molecule has 0 fully saturated rings. The molecule has 0 bridgehead atoms. The summed E-state index contributed by atoms with van der Waals surface area (Å²) in [6, 6.07) is 9.58. The monoisotopic (exact) mass is 363 g/mol. The quantitative estimate of drug-likeness (QED) is 0.679. The van der Waals surface area contributed by atoms with Crippen LogP contribution in [0.15, 0.2) is 47.1 Å². The number of nitrogens with zero attached hydrogens (tertiary/aromatic N) is 3. The van der Waals surface area contributed by atoms with Gasteiger partial charge in [0, 0.05) is 11.6 Å². The lowest BCUT2D eigenvalue weighted by Crippen LogP contribution is -2.02. The maximum Gasteiger partial charge on any atom is 0.387 e. The fourth-order valence-corrected chi connectivity index (χ4v) is 2.08. The van der Waals surface area contributed by atoms with Gasteiger partial charge < -0.3 is 19.1 Å². The predicted octanol–water partition coefficient (Wildman–Crippen LogP) is 3.97. The van der Waals surface area contributed by atoms with E-state index in [0.717, 1.165) is 6.20 Å². The van der Waals surface area contributed by atoms with Crippen molar-refractivity contribution in [2.24, 2.45) is 0 Å². The minimum atomic E-state index is -2.91. The van der Waals surface area contributed by atoms with Crippen molar-refractivity contribution in [1.82, 2.24) is 15.1 Å². The molecule has 2 aromatic heterocycles. The molecule has 136 valence electrons. The van der Waals surface area contributed by atoms with Crippen molar-refractivity contribution in [3.63, 3.8) is 0 Å². The van der Waals surface area contributed by atoms with E-state index in [2.05, 4.69) is 19.9 Å². The lowest BCUT2D eigenvalue weighted by Gasteiger charge is -2.07. The number of aliphatic hydroxyl groups excluding tert-OH is 1. The van der Waals surface area contributed by atoms with Crippen LogP contribution in [0.3, 0.4) is 0 Å². The van der Waals surface area contributed by atoms with Gasteiger partial charge in [-0.3, -0.25) is 0 Å². The number of alkyl halides is 2. The molecule has 0 saturated heterocycles. The summed E-state index contributed by atoms with van der Waals surface area (Å²) in [6.07, 6.45) is 0.791. The minimum absolute atomic E-state index is 0.0603. The summed E-state index contributed by atoms with van der Waals surface area (Å²) >= 11 is 0. The van der Waals surface area contributed by atoms with Crippen molar-refractivity contribution < 1.29 is 27.9 Å². The van der Waals surface area contributed by atoms with E-state index in [1.54, 1.807) is 31.2 Å². The molecule has 3 aromatic rings. The maximum absolute atomic E-state index is 12.1. The molecular weight excluding hydrogens is 348 g/mol. The summed E-state index contributed by atoms with van der Waals surface area (Å²) < 4.78 is 39.1. The van der Waals surface area contributed by atoms with Crippen LogP contribution in [0.1, 0.15) is 25.3 Å². The zero-order valence-electron chi connectivity index (χ0n) is 13.7. The van der Waals surface area contributed by atoms with Gasteiger partial charge in [0.15, 0.2) is 0 Å². The van der Waals surface area contributed by atoms with Crippen LogP contribution in [0.4, 0.5) is 8.78 Å². The van der Waals surface area contributed by atoms with E-state index in [0.29, 0.717) is 23.6 Å². The number of hydrogen-bond donors (Lipinski definition) is 1. The summed E-state index contributed by atoms with van der Waals surface area (Å²) in [5.41, 5.74) is 0.624. The van der Waals surface area contributed by atoms with E-state index < -0.39 is 12.7 Å². The van der Waals surface area contributed by atoms with E-state index >= 15 is 0 Å². The van der Waals surface area contributed by atoms with E-state index in [-0.39, 0.29) is 17.5 Å². The third-order valence-corrected chi connectivity index (χ3v) is 3.36. The van der Waals surface area contributed by atoms with Crippen LogP contribution in [0, 0.1) is 0 Å². The van der Waals surface area contributed by atoms with Crippen molar-refractivity contribution in [3.8, 4) is 28.8 Å². The molecular formula is C17H15F2N3O4. The molecule has 1 unspecified atom stereocenters. The van der Waals surface area contributed by atoms with Gasteiger partial charge in [0.05, 0.1) is 6.20 Å². The number of ether oxygens (including phenoxy) is 2. The van der Waals surface area contributed by atoms with Crippen molar-refractivity contribution in [2.45, 2.75) is 26.1 Å². The molecule has 26 heavy (non-hydrogen) atoms. The first-order valence-electron chi connectivity index (χ1n) is 7.76. The van der Waals surface area contributed by atoms with Crippen LogP contribution in [-0.4, -0.2) is 26.8 Å². The van der Waals surface area contributed by atoms with Gasteiger partial charge in [0.2, 0.25) is 11.7 Å². The van der Waals surface area contributed by atoms with Gasteiger partial charge in [0.25, 0.3) is 5.89 Å². The molecule has 3 rings (SSSR count). The summed E-state index contributed by atoms with van der Waals surface area (Å²) in [7, 11) is 0. The first-order chi connectivity index (χ1) is 12.5. The number of aliphatic hydroxyl groups is 1. The Kier molecular flexibility index (Phi) is 5.37. The Labute approximate surface area is 147 Å². The average molecular weight is 363 g/mol. The van der Waals surface area contributed by atoms with Crippen LogP contribution in [0.25, 0.3) is 11.4 Å². The zero-order valence-corrected chi connectivity index (χ0v) is 13.7. The molecule has 0 aliphatic carbocycles. The molecule has 1 N–H and O–H groups in total. The number of aromatic nitrogens is 3. The Morgan fingerprint density at radius 3 is 2.73 bits per heavy atom. The Balaban J connectivity index is 1.74. The van der Waals surface area contributed by atoms with Crippen molar-refractivity contribution in [3.05, 3.63) is 48.5 Å². The third-order valence-electron chi connectivity index (χ3n) is 3.36. The molecule has 0 aliphatic rings. The molecule has 0 radical (unpaired) electrons. The van der Waals surface area contributed by atoms with Crippen LogP contribution in [0.2, 0.25) is 0 Å². The molecule has 7 nitrogen and oxygen atoms in total. The fraction of sp³-hybridized carbons (Fsp3) is 0.235. The van der Waals surface area contributed by atoms with Crippen molar-refractivity contribution >= 4 is 0 Å². The molecule has 2 heterocycles. The minimum Gasteiger partial charge on any atom is -0.439 e. The highest BCUT2D eigenvalue weighted by Gasteiger charge is 2.15. The summed E-state index contributed by atoms with van der Waals surface area (Å²) in [6.45, 7) is -1.11. The number of rotatable bonds is 7. The van der Waals surface area contributed by atoms with E-state index in [1.165, 1.54) is 12.1 Å². The molecule has 0 aliphatic heterocycles. The van der Waals surface area contributed by atoms with Gasteiger partial charge in [-0.2, -0.15) is 13.8 Å². The van der Waals surface area contributed by atoms with Gasteiger partial charge in [-0.1, -0.05) is 24.2 Å². The number of pyridine rings is 1. The van der Waals surface area contributed by atoms with Crippen LogP contribution in [-0.2, 0) is 0 Å². The molecule has 0 spiro atoms. The third kappa shape index (κ3) is 4.31. The molecule has 1 atom stereocenters. The predicted molar refractivity (Wildman–Crippen MR) is 85.9 cm³/mol. The van der Waals surface area contributed by atoms with Crippen LogP contribution >= 0.6 is 0 Å². The largest absolute Gasteiger partial charge is 0.439 e. The van der Waals surface area contributed by atoms with Gasteiger partial charge >= 0.3 is 6.61 Å².